The molecule has 1 heterocycles. The van der Waals surface area contributed by atoms with Crippen LogP contribution in [0.15, 0.2) is 46.8 Å². The van der Waals surface area contributed by atoms with Crippen LogP contribution in [0.5, 0.6) is 5.75 Å². The molecule has 0 aliphatic carbocycles. The van der Waals surface area contributed by atoms with Crippen LogP contribution in [-0.2, 0) is 17.8 Å². The molecule has 0 unspecified atom stereocenters. The van der Waals surface area contributed by atoms with Crippen molar-refractivity contribution in [2.45, 2.75) is 13.0 Å². The van der Waals surface area contributed by atoms with E-state index in [2.05, 4.69) is 32.7 Å². The number of hydrogen-bond donors (Lipinski definition) is 2. The van der Waals surface area contributed by atoms with Crippen molar-refractivity contribution in [1.29, 1.82) is 0 Å². The second-order valence-corrected chi connectivity index (χ2v) is 6.59. The van der Waals surface area contributed by atoms with Crippen molar-refractivity contribution in [3.63, 3.8) is 0 Å². The molecular formula is C18H24N4O2S. The summed E-state index contributed by atoms with van der Waals surface area (Å²) in [7, 11) is 3.80. The van der Waals surface area contributed by atoms with Crippen molar-refractivity contribution in [3.05, 3.63) is 52.2 Å². The third-order valence-corrected chi connectivity index (χ3v) is 4.51. The summed E-state index contributed by atoms with van der Waals surface area (Å²) in [6, 6.07) is 11.8. The summed E-state index contributed by atoms with van der Waals surface area (Å²) in [4.78, 5) is 18.6. The Kier molecular flexibility index (Phi) is 7.28. The highest BCUT2D eigenvalue weighted by atomic mass is 32.1. The average Bonchev–Trinajstić information content (AvgIpc) is 3.12. The number of aliphatic imine (C=N–C) groups is 1. The summed E-state index contributed by atoms with van der Waals surface area (Å²) in [5.74, 6) is 0.968. The fourth-order valence-electron chi connectivity index (χ4n) is 2.30. The molecule has 6 nitrogen and oxygen atoms in total. The number of carbonyl (C=O) groups is 1. The minimum atomic E-state index is -0.490. The Morgan fingerprint density at radius 1 is 1.36 bits per heavy atom. The number of guanidine groups is 1. The van der Waals surface area contributed by atoms with E-state index in [0.717, 1.165) is 24.5 Å². The molecular weight excluding hydrogens is 336 g/mol. The molecule has 1 aromatic heterocycles. The number of amides is 1. The van der Waals surface area contributed by atoms with Gasteiger partial charge in [0.25, 0.3) is 5.91 Å². The maximum atomic E-state index is 10.8. The molecule has 0 radical (unpaired) electrons. The number of likely N-dealkylation sites (N-methyl/N-ethyl adjacent to an activating group) is 1. The molecule has 3 N–H and O–H groups in total. The van der Waals surface area contributed by atoms with E-state index in [1.165, 1.54) is 4.88 Å². The fourth-order valence-corrected chi connectivity index (χ4v) is 3.00. The minimum Gasteiger partial charge on any atom is -0.484 e. The number of nitrogens with two attached hydrogens (primary N) is 1. The maximum Gasteiger partial charge on any atom is 0.255 e. The normalized spacial score (nSPS) is 11.2. The summed E-state index contributed by atoms with van der Waals surface area (Å²) in [6.45, 7) is 1.38. The number of hydrogen-bond acceptors (Lipinski definition) is 4. The molecule has 0 saturated heterocycles. The molecule has 0 bridgehead atoms. The molecule has 0 spiro atoms. The first kappa shape index (κ1) is 18.8. The van der Waals surface area contributed by atoms with Crippen LogP contribution in [0.3, 0.4) is 0 Å². The highest BCUT2D eigenvalue weighted by Gasteiger charge is 2.07. The van der Waals surface area contributed by atoms with Gasteiger partial charge in [0.2, 0.25) is 0 Å². The van der Waals surface area contributed by atoms with Crippen LogP contribution < -0.4 is 15.8 Å². The van der Waals surface area contributed by atoms with Crippen molar-refractivity contribution in [2.75, 3.05) is 27.2 Å². The third-order valence-electron chi connectivity index (χ3n) is 3.58. The lowest BCUT2D eigenvalue weighted by Crippen LogP contribution is -2.39. The highest BCUT2D eigenvalue weighted by Crippen LogP contribution is 2.13. The van der Waals surface area contributed by atoms with Gasteiger partial charge in [-0.15, -0.1) is 11.3 Å². The van der Waals surface area contributed by atoms with E-state index >= 15 is 0 Å². The van der Waals surface area contributed by atoms with Gasteiger partial charge in [-0.25, -0.2) is 0 Å². The van der Waals surface area contributed by atoms with E-state index in [4.69, 9.17) is 10.5 Å². The summed E-state index contributed by atoms with van der Waals surface area (Å²) >= 11 is 1.77. The topological polar surface area (TPSA) is 80.0 Å². The number of rotatable bonds is 8. The molecule has 1 aromatic carbocycles. The predicted octanol–water partition coefficient (Wildman–Crippen LogP) is 1.86. The Bertz CT molecular complexity index is 701. The van der Waals surface area contributed by atoms with Crippen molar-refractivity contribution in [2.24, 2.45) is 10.7 Å². The molecule has 0 saturated carbocycles. The number of nitrogens with one attached hydrogen (secondary N) is 1. The second kappa shape index (κ2) is 9.68. The first-order valence-corrected chi connectivity index (χ1v) is 8.90. The Morgan fingerprint density at radius 3 is 2.88 bits per heavy atom. The molecule has 2 rings (SSSR count). The number of ether oxygens (including phenoxy) is 1. The molecule has 134 valence electrons. The van der Waals surface area contributed by atoms with Crippen molar-refractivity contribution in [1.82, 2.24) is 10.2 Å². The van der Waals surface area contributed by atoms with Crippen LogP contribution >= 0.6 is 11.3 Å². The second-order valence-electron chi connectivity index (χ2n) is 5.55. The number of benzene rings is 1. The number of nitrogens with zero attached hydrogens (tertiary/aromatic N) is 2. The summed E-state index contributed by atoms with van der Waals surface area (Å²) in [6.07, 6.45) is 0.991. The third kappa shape index (κ3) is 6.46. The zero-order chi connectivity index (χ0) is 18.1. The van der Waals surface area contributed by atoms with Gasteiger partial charge in [-0.05, 0) is 35.6 Å². The first-order valence-electron chi connectivity index (χ1n) is 8.02. The van der Waals surface area contributed by atoms with Gasteiger partial charge in [0.15, 0.2) is 12.6 Å². The Morgan fingerprint density at radius 2 is 2.20 bits per heavy atom. The van der Waals surface area contributed by atoms with Gasteiger partial charge in [0.1, 0.15) is 5.75 Å². The van der Waals surface area contributed by atoms with Crippen LogP contribution in [0.1, 0.15) is 10.4 Å². The molecule has 0 aliphatic rings. The van der Waals surface area contributed by atoms with Crippen LogP contribution in [0.25, 0.3) is 0 Å². The van der Waals surface area contributed by atoms with E-state index in [-0.39, 0.29) is 6.61 Å². The number of thiophene rings is 1. The van der Waals surface area contributed by atoms with Crippen molar-refractivity contribution >= 4 is 23.2 Å². The molecule has 0 fully saturated rings. The van der Waals surface area contributed by atoms with Crippen LogP contribution in [0, 0.1) is 0 Å². The van der Waals surface area contributed by atoms with Gasteiger partial charge in [0, 0.05) is 32.1 Å². The molecule has 7 heteroatoms. The van der Waals surface area contributed by atoms with Gasteiger partial charge in [-0.2, -0.15) is 0 Å². The lowest BCUT2D eigenvalue weighted by atomic mass is 10.2. The van der Waals surface area contributed by atoms with Gasteiger partial charge in [-0.3, -0.25) is 9.79 Å². The average molecular weight is 360 g/mol. The lowest BCUT2D eigenvalue weighted by molar-refractivity contribution is -0.119. The van der Waals surface area contributed by atoms with Crippen LogP contribution in [0.4, 0.5) is 0 Å². The first-order chi connectivity index (χ1) is 12.1. The Labute approximate surface area is 152 Å². The molecule has 1 amide bonds. The summed E-state index contributed by atoms with van der Waals surface area (Å²) in [5, 5.41) is 5.43. The Hall–Kier alpha value is -2.54. The van der Waals surface area contributed by atoms with E-state index in [9.17, 15) is 4.79 Å². The SMILES string of the molecule is CN=C(NCc1cccc(OCC(N)=O)c1)N(C)CCc1cccs1. The minimum absolute atomic E-state index is 0.121. The standard InChI is InChI=1S/C18H24N4O2S/c1-20-18(22(2)9-8-16-7-4-10-25-16)21-12-14-5-3-6-15(11-14)24-13-17(19)23/h3-7,10-11H,8-9,12-13H2,1-2H3,(H2,19,23)(H,20,21). The molecule has 25 heavy (non-hydrogen) atoms. The van der Waals surface area contributed by atoms with Crippen LogP contribution in [-0.4, -0.2) is 44.0 Å². The highest BCUT2D eigenvalue weighted by molar-refractivity contribution is 7.09. The predicted molar refractivity (Wildman–Crippen MR) is 102 cm³/mol. The molecule has 0 aliphatic heterocycles. The summed E-state index contributed by atoms with van der Waals surface area (Å²) < 4.78 is 5.33. The van der Waals surface area contributed by atoms with Gasteiger partial charge in [0.05, 0.1) is 0 Å². The number of primary amides is 1. The smallest absolute Gasteiger partial charge is 0.255 e. The fraction of sp³-hybridized carbons (Fsp3) is 0.333. The van der Waals surface area contributed by atoms with Gasteiger partial charge < -0.3 is 20.7 Å². The molecule has 0 atom stereocenters. The quantitative estimate of drug-likeness (QED) is 0.556. The Balaban J connectivity index is 1.85. The maximum absolute atomic E-state index is 10.8. The van der Waals surface area contributed by atoms with E-state index in [1.54, 1.807) is 24.5 Å². The zero-order valence-corrected chi connectivity index (χ0v) is 15.4. The summed E-state index contributed by atoms with van der Waals surface area (Å²) in [5.41, 5.74) is 6.13. The van der Waals surface area contributed by atoms with E-state index in [0.29, 0.717) is 12.3 Å². The monoisotopic (exact) mass is 360 g/mol. The van der Waals surface area contributed by atoms with E-state index in [1.807, 2.05) is 25.2 Å². The zero-order valence-electron chi connectivity index (χ0n) is 14.6. The van der Waals surface area contributed by atoms with Gasteiger partial charge in [-0.1, -0.05) is 18.2 Å². The number of carbonyl (C=O) groups excluding carboxylic acids is 1. The molecule has 2 aromatic rings. The van der Waals surface area contributed by atoms with E-state index < -0.39 is 5.91 Å². The van der Waals surface area contributed by atoms with Gasteiger partial charge >= 0.3 is 0 Å². The lowest BCUT2D eigenvalue weighted by Gasteiger charge is -2.22. The van der Waals surface area contributed by atoms with Crippen molar-refractivity contribution < 1.29 is 9.53 Å². The van der Waals surface area contributed by atoms with Crippen molar-refractivity contribution in [3.8, 4) is 5.75 Å². The largest absolute Gasteiger partial charge is 0.484 e. The van der Waals surface area contributed by atoms with Crippen LogP contribution in [0.2, 0.25) is 0 Å².